The Morgan fingerprint density at radius 3 is 2.56 bits per heavy atom. The quantitative estimate of drug-likeness (QED) is 0.765. The molecule has 3 nitrogen and oxygen atoms in total. The van der Waals surface area contributed by atoms with Crippen LogP contribution in [0.15, 0.2) is 41.3 Å². The maximum absolute atomic E-state index is 11.9. The highest BCUT2D eigenvalue weighted by atomic mass is 16.1. The lowest BCUT2D eigenvalue weighted by atomic mass is 10.2. The molecule has 1 aromatic carbocycles. The van der Waals surface area contributed by atoms with Gasteiger partial charge in [0.25, 0.3) is 5.56 Å². The molecule has 0 N–H and O–H groups in total. The minimum absolute atomic E-state index is 0.0103. The van der Waals surface area contributed by atoms with E-state index in [0.717, 1.165) is 16.7 Å². The van der Waals surface area contributed by atoms with Crippen LogP contribution in [-0.4, -0.2) is 9.78 Å². The van der Waals surface area contributed by atoms with Crippen LogP contribution >= 0.6 is 0 Å². The lowest BCUT2D eigenvalue weighted by Crippen LogP contribution is -2.25. The second-order valence-corrected chi connectivity index (χ2v) is 3.90. The number of hydrogen-bond acceptors (Lipinski definition) is 2. The second-order valence-electron chi connectivity index (χ2n) is 3.90. The van der Waals surface area contributed by atoms with E-state index in [9.17, 15) is 4.79 Å². The number of aryl methyl sites for hydroxylation is 1. The van der Waals surface area contributed by atoms with Gasteiger partial charge in [0.2, 0.25) is 0 Å². The first-order valence-electron chi connectivity index (χ1n) is 5.26. The SMILES string of the molecule is Cc1cnn(Cc2ccccc2)c(=O)c1C. The number of aromatic nitrogens is 2. The van der Waals surface area contributed by atoms with E-state index >= 15 is 0 Å². The molecule has 0 aliphatic heterocycles. The third-order valence-electron chi connectivity index (χ3n) is 2.71. The van der Waals surface area contributed by atoms with E-state index in [-0.39, 0.29) is 5.56 Å². The van der Waals surface area contributed by atoms with Crippen molar-refractivity contribution in [1.29, 1.82) is 0 Å². The zero-order valence-corrected chi connectivity index (χ0v) is 9.47. The summed E-state index contributed by atoms with van der Waals surface area (Å²) >= 11 is 0. The normalized spacial score (nSPS) is 10.4. The summed E-state index contributed by atoms with van der Waals surface area (Å²) in [5.74, 6) is 0. The Kier molecular flexibility index (Phi) is 2.86. The molecule has 2 aromatic rings. The van der Waals surface area contributed by atoms with Gasteiger partial charge in [-0.15, -0.1) is 0 Å². The summed E-state index contributed by atoms with van der Waals surface area (Å²) in [7, 11) is 0. The molecule has 0 atom stereocenters. The van der Waals surface area contributed by atoms with Gasteiger partial charge in [0, 0.05) is 5.56 Å². The van der Waals surface area contributed by atoms with Crippen molar-refractivity contribution in [3.63, 3.8) is 0 Å². The molecule has 3 heteroatoms. The first-order chi connectivity index (χ1) is 7.68. The molecule has 1 aromatic heterocycles. The molecule has 1 heterocycles. The molecule has 0 aliphatic carbocycles. The number of hydrogen-bond donors (Lipinski definition) is 0. The maximum atomic E-state index is 11.9. The van der Waals surface area contributed by atoms with E-state index in [2.05, 4.69) is 5.10 Å². The van der Waals surface area contributed by atoms with E-state index in [4.69, 9.17) is 0 Å². The Morgan fingerprint density at radius 1 is 1.19 bits per heavy atom. The Hall–Kier alpha value is -1.90. The van der Waals surface area contributed by atoms with Crippen LogP contribution in [0.5, 0.6) is 0 Å². The van der Waals surface area contributed by atoms with Gasteiger partial charge >= 0.3 is 0 Å². The van der Waals surface area contributed by atoms with Crippen LogP contribution in [0.1, 0.15) is 16.7 Å². The van der Waals surface area contributed by atoms with Crippen molar-refractivity contribution < 1.29 is 0 Å². The summed E-state index contributed by atoms with van der Waals surface area (Å²) in [5.41, 5.74) is 2.78. The average molecular weight is 214 g/mol. The predicted molar refractivity (Wildman–Crippen MR) is 63.5 cm³/mol. The summed E-state index contributed by atoms with van der Waals surface area (Å²) in [5, 5.41) is 4.14. The van der Waals surface area contributed by atoms with Gasteiger partial charge in [-0.1, -0.05) is 30.3 Å². The fraction of sp³-hybridized carbons (Fsp3) is 0.231. The van der Waals surface area contributed by atoms with Gasteiger partial charge in [-0.25, -0.2) is 4.68 Å². The van der Waals surface area contributed by atoms with Crippen LogP contribution in [0, 0.1) is 13.8 Å². The zero-order chi connectivity index (χ0) is 11.5. The molecular formula is C13H14N2O. The van der Waals surface area contributed by atoms with Crippen molar-refractivity contribution >= 4 is 0 Å². The van der Waals surface area contributed by atoms with E-state index in [1.54, 1.807) is 6.20 Å². The molecule has 0 unspecified atom stereocenters. The highest BCUT2D eigenvalue weighted by Gasteiger charge is 2.03. The zero-order valence-electron chi connectivity index (χ0n) is 9.47. The highest BCUT2D eigenvalue weighted by molar-refractivity contribution is 5.19. The summed E-state index contributed by atoms with van der Waals surface area (Å²) < 4.78 is 1.50. The number of benzene rings is 1. The Labute approximate surface area is 94.4 Å². The molecule has 0 aliphatic rings. The molecule has 0 saturated carbocycles. The molecule has 16 heavy (non-hydrogen) atoms. The monoisotopic (exact) mass is 214 g/mol. The summed E-state index contributed by atoms with van der Waals surface area (Å²) in [6, 6.07) is 9.86. The lowest BCUT2D eigenvalue weighted by molar-refractivity contribution is 0.630. The first-order valence-corrected chi connectivity index (χ1v) is 5.26. The Morgan fingerprint density at radius 2 is 1.88 bits per heavy atom. The van der Waals surface area contributed by atoms with Crippen LogP contribution in [0.2, 0.25) is 0 Å². The fourth-order valence-corrected chi connectivity index (χ4v) is 1.54. The van der Waals surface area contributed by atoms with E-state index in [1.807, 2.05) is 44.2 Å². The summed E-state index contributed by atoms with van der Waals surface area (Å²) in [6.45, 7) is 4.26. The van der Waals surface area contributed by atoms with Gasteiger partial charge in [-0.05, 0) is 25.0 Å². The van der Waals surface area contributed by atoms with Crippen LogP contribution in [0.3, 0.4) is 0 Å². The molecular weight excluding hydrogens is 200 g/mol. The van der Waals surface area contributed by atoms with Crippen LogP contribution in [0.25, 0.3) is 0 Å². The molecule has 0 bridgehead atoms. The molecule has 2 rings (SSSR count). The summed E-state index contributed by atoms with van der Waals surface area (Å²) in [6.07, 6.45) is 1.74. The Balaban J connectivity index is 2.37. The topological polar surface area (TPSA) is 34.9 Å². The largest absolute Gasteiger partial charge is 0.270 e. The molecule has 0 spiro atoms. The predicted octanol–water partition coefficient (Wildman–Crippen LogP) is 1.91. The van der Waals surface area contributed by atoms with Crippen molar-refractivity contribution in [1.82, 2.24) is 9.78 Å². The van der Waals surface area contributed by atoms with Crippen LogP contribution < -0.4 is 5.56 Å². The van der Waals surface area contributed by atoms with Gasteiger partial charge < -0.3 is 0 Å². The third-order valence-corrected chi connectivity index (χ3v) is 2.71. The number of nitrogens with zero attached hydrogens (tertiary/aromatic N) is 2. The molecule has 82 valence electrons. The fourth-order valence-electron chi connectivity index (χ4n) is 1.54. The average Bonchev–Trinajstić information content (AvgIpc) is 2.31. The standard InChI is InChI=1S/C13H14N2O/c1-10-8-14-15(13(16)11(10)2)9-12-6-4-3-5-7-12/h3-8H,9H2,1-2H3. The molecule has 0 amide bonds. The van der Waals surface area contributed by atoms with Crippen LogP contribution in [-0.2, 0) is 6.54 Å². The maximum Gasteiger partial charge on any atom is 0.270 e. The van der Waals surface area contributed by atoms with Crippen molar-refractivity contribution in [2.75, 3.05) is 0 Å². The van der Waals surface area contributed by atoms with Crippen molar-refractivity contribution in [2.24, 2.45) is 0 Å². The minimum Gasteiger partial charge on any atom is -0.267 e. The van der Waals surface area contributed by atoms with Crippen molar-refractivity contribution in [2.45, 2.75) is 20.4 Å². The highest BCUT2D eigenvalue weighted by Crippen LogP contribution is 2.01. The minimum atomic E-state index is -0.0103. The smallest absolute Gasteiger partial charge is 0.267 e. The van der Waals surface area contributed by atoms with E-state index < -0.39 is 0 Å². The van der Waals surface area contributed by atoms with Gasteiger partial charge in [-0.2, -0.15) is 5.10 Å². The Bertz CT molecular complexity index is 544. The molecule has 0 saturated heterocycles. The van der Waals surface area contributed by atoms with E-state index in [1.165, 1.54) is 4.68 Å². The van der Waals surface area contributed by atoms with Gasteiger partial charge in [0.15, 0.2) is 0 Å². The van der Waals surface area contributed by atoms with Crippen LogP contribution in [0.4, 0.5) is 0 Å². The van der Waals surface area contributed by atoms with Gasteiger partial charge in [0.1, 0.15) is 0 Å². The summed E-state index contributed by atoms with van der Waals surface area (Å²) in [4.78, 5) is 11.9. The number of rotatable bonds is 2. The molecule has 0 radical (unpaired) electrons. The van der Waals surface area contributed by atoms with Gasteiger partial charge in [0.05, 0.1) is 12.7 Å². The second kappa shape index (κ2) is 4.31. The first kappa shape index (κ1) is 10.6. The lowest BCUT2D eigenvalue weighted by Gasteiger charge is -2.06. The van der Waals surface area contributed by atoms with Gasteiger partial charge in [-0.3, -0.25) is 4.79 Å². The third kappa shape index (κ3) is 2.03. The molecule has 0 fully saturated rings. The van der Waals surface area contributed by atoms with Crippen molar-refractivity contribution in [3.8, 4) is 0 Å². The van der Waals surface area contributed by atoms with Crippen molar-refractivity contribution in [3.05, 3.63) is 63.6 Å². The van der Waals surface area contributed by atoms with E-state index in [0.29, 0.717) is 6.54 Å².